The van der Waals surface area contributed by atoms with Crippen molar-refractivity contribution in [1.29, 1.82) is 0 Å². The molecule has 0 saturated carbocycles. The molecule has 20 heavy (non-hydrogen) atoms. The maximum atomic E-state index is 5.92. The zero-order chi connectivity index (χ0) is 14.4. The molecule has 0 bridgehead atoms. The van der Waals surface area contributed by atoms with Gasteiger partial charge in [0.15, 0.2) is 0 Å². The summed E-state index contributed by atoms with van der Waals surface area (Å²) in [5, 5.41) is 0.705. The first kappa shape index (κ1) is 14.9. The molecule has 0 atom stereocenters. The van der Waals surface area contributed by atoms with Crippen LogP contribution in [0, 0.1) is 0 Å². The molecule has 0 aromatic heterocycles. The normalized spacial score (nSPS) is 10.3. The Hall–Kier alpha value is -1.52. The Balaban J connectivity index is 1.82. The van der Waals surface area contributed by atoms with Crippen molar-refractivity contribution in [2.75, 3.05) is 25.2 Å². The number of hydrogen-bond acceptors (Lipinski definition) is 4. The fraction of sp³-hybridized carbons (Fsp3) is 0.200. The summed E-state index contributed by atoms with van der Waals surface area (Å²) in [7, 11) is 1.64. The SMILES string of the molecule is COc1ccc(N)c(SCCOc2ccc(Cl)cc2)c1. The van der Waals surface area contributed by atoms with Gasteiger partial charge in [-0.25, -0.2) is 0 Å². The minimum atomic E-state index is 0.600. The lowest BCUT2D eigenvalue weighted by Gasteiger charge is -2.09. The van der Waals surface area contributed by atoms with E-state index in [4.69, 9.17) is 26.8 Å². The third kappa shape index (κ3) is 4.25. The molecule has 0 unspecified atom stereocenters. The highest BCUT2D eigenvalue weighted by Gasteiger charge is 2.03. The number of benzene rings is 2. The van der Waals surface area contributed by atoms with Gasteiger partial charge >= 0.3 is 0 Å². The first-order valence-corrected chi connectivity index (χ1v) is 7.50. The van der Waals surface area contributed by atoms with E-state index >= 15 is 0 Å². The van der Waals surface area contributed by atoms with Crippen LogP contribution >= 0.6 is 23.4 Å². The molecule has 5 heteroatoms. The van der Waals surface area contributed by atoms with E-state index < -0.39 is 0 Å². The van der Waals surface area contributed by atoms with Crippen molar-refractivity contribution in [3.05, 3.63) is 47.5 Å². The van der Waals surface area contributed by atoms with Gasteiger partial charge in [-0.15, -0.1) is 11.8 Å². The van der Waals surface area contributed by atoms with Gasteiger partial charge < -0.3 is 15.2 Å². The third-order valence-electron chi connectivity index (χ3n) is 2.64. The second-order valence-corrected chi connectivity index (χ2v) is 5.63. The second kappa shape index (κ2) is 7.31. The summed E-state index contributed by atoms with van der Waals surface area (Å²) in [6.45, 7) is 0.600. The van der Waals surface area contributed by atoms with Gasteiger partial charge in [0, 0.05) is 21.4 Å². The lowest BCUT2D eigenvalue weighted by Crippen LogP contribution is -2.00. The minimum Gasteiger partial charge on any atom is -0.497 e. The Morgan fingerprint density at radius 1 is 1.10 bits per heavy atom. The molecule has 0 aliphatic carbocycles. The Morgan fingerprint density at radius 3 is 2.50 bits per heavy atom. The Bertz CT molecular complexity index is 560. The zero-order valence-electron chi connectivity index (χ0n) is 11.1. The maximum Gasteiger partial charge on any atom is 0.120 e. The lowest BCUT2D eigenvalue weighted by atomic mass is 10.3. The summed E-state index contributed by atoms with van der Waals surface area (Å²) >= 11 is 7.46. The van der Waals surface area contributed by atoms with E-state index in [9.17, 15) is 0 Å². The van der Waals surface area contributed by atoms with Crippen molar-refractivity contribution in [2.24, 2.45) is 0 Å². The molecule has 106 valence electrons. The quantitative estimate of drug-likeness (QED) is 0.495. The largest absolute Gasteiger partial charge is 0.497 e. The van der Waals surface area contributed by atoms with Crippen LogP contribution < -0.4 is 15.2 Å². The molecule has 0 radical (unpaired) electrons. The summed E-state index contributed by atoms with van der Waals surface area (Å²) in [5.74, 6) is 2.42. The van der Waals surface area contributed by atoms with Gasteiger partial charge in [0.25, 0.3) is 0 Å². The number of ether oxygens (including phenoxy) is 2. The first-order chi connectivity index (χ1) is 9.69. The van der Waals surface area contributed by atoms with Crippen molar-refractivity contribution >= 4 is 29.1 Å². The smallest absolute Gasteiger partial charge is 0.120 e. The van der Waals surface area contributed by atoms with Crippen molar-refractivity contribution in [1.82, 2.24) is 0 Å². The highest BCUT2D eigenvalue weighted by Crippen LogP contribution is 2.29. The van der Waals surface area contributed by atoms with Gasteiger partial charge in [0.1, 0.15) is 11.5 Å². The van der Waals surface area contributed by atoms with E-state index in [0.29, 0.717) is 11.6 Å². The molecule has 2 aromatic rings. The maximum absolute atomic E-state index is 5.92. The zero-order valence-corrected chi connectivity index (χ0v) is 12.7. The number of halogens is 1. The van der Waals surface area contributed by atoms with Crippen LogP contribution in [0.5, 0.6) is 11.5 Å². The van der Waals surface area contributed by atoms with Crippen molar-refractivity contribution in [3.8, 4) is 11.5 Å². The van der Waals surface area contributed by atoms with Crippen LogP contribution in [0.4, 0.5) is 5.69 Å². The van der Waals surface area contributed by atoms with Crippen LogP contribution in [0.15, 0.2) is 47.4 Å². The standard InChI is InChI=1S/C15H16ClNO2S/c1-18-13-6-7-14(17)15(10-13)20-9-8-19-12-4-2-11(16)3-5-12/h2-7,10H,8-9,17H2,1H3. The van der Waals surface area contributed by atoms with Gasteiger partial charge in [-0.2, -0.15) is 0 Å². The highest BCUT2D eigenvalue weighted by atomic mass is 35.5. The third-order valence-corrected chi connectivity index (χ3v) is 3.93. The van der Waals surface area contributed by atoms with Gasteiger partial charge in [0.05, 0.1) is 13.7 Å². The molecule has 0 heterocycles. The average Bonchev–Trinajstić information content (AvgIpc) is 2.47. The molecular weight excluding hydrogens is 294 g/mol. The van der Waals surface area contributed by atoms with E-state index in [0.717, 1.165) is 27.8 Å². The van der Waals surface area contributed by atoms with Gasteiger partial charge in [-0.3, -0.25) is 0 Å². The van der Waals surface area contributed by atoms with Crippen LogP contribution in [0.1, 0.15) is 0 Å². The average molecular weight is 310 g/mol. The molecule has 0 fully saturated rings. The summed E-state index contributed by atoms with van der Waals surface area (Å²) in [6.07, 6.45) is 0. The molecule has 3 nitrogen and oxygen atoms in total. The summed E-state index contributed by atoms with van der Waals surface area (Å²) < 4.78 is 10.8. The highest BCUT2D eigenvalue weighted by molar-refractivity contribution is 7.99. The van der Waals surface area contributed by atoms with Crippen LogP contribution in [-0.2, 0) is 0 Å². The minimum absolute atomic E-state index is 0.600. The summed E-state index contributed by atoms with van der Waals surface area (Å²) in [6, 6.07) is 13.0. The summed E-state index contributed by atoms with van der Waals surface area (Å²) in [4.78, 5) is 1.00. The van der Waals surface area contributed by atoms with Crippen LogP contribution in [-0.4, -0.2) is 19.5 Å². The van der Waals surface area contributed by atoms with Gasteiger partial charge in [0.2, 0.25) is 0 Å². The topological polar surface area (TPSA) is 44.5 Å². The predicted octanol–water partition coefficient (Wildman–Crippen LogP) is 4.10. The second-order valence-electron chi connectivity index (χ2n) is 4.05. The first-order valence-electron chi connectivity index (χ1n) is 6.14. The Kier molecular flexibility index (Phi) is 5.44. The fourth-order valence-corrected chi connectivity index (χ4v) is 2.56. The number of methoxy groups -OCH3 is 1. The molecule has 0 aliphatic heterocycles. The number of rotatable bonds is 6. The summed E-state index contributed by atoms with van der Waals surface area (Å²) in [5.41, 5.74) is 6.67. The van der Waals surface area contributed by atoms with E-state index in [-0.39, 0.29) is 0 Å². The van der Waals surface area contributed by atoms with Gasteiger partial charge in [-0.1, -0.05) is 11.6 Å². The molecular formula is C15H16ClNO2S. The molecule has 0 aliphatic rings. The van der Waals surface area contributed by atoms with E-state index in [1.54, 1.807) is 18.9 Å². The van der Waals surface area contributed by atoms with Crippen molar-refractivity contribution < 1.29 is 9.47 Å². The van der Waals surface area contributed by atoms with Crippen molar-refractivity contribution in [3.63, 3.8) is 0 Å². The fourth-order valence-electron chi connectivity index (χ4n) is 1.61. The lowest BCUT2D eigenvalue weighted by molar-refractivity contribution is 0.344. The van der Waals surface area contributed by atoms with Crippen molar-refractivity contribution in [2.45, 2.75) is 4.90 Å². The van der Waals surface area contributed by atoms with Gasteiger partial charge in [-0.05, 0) is 42.5 Å². The van der Waals surface area contributed by atoms with Crippen LogP contribution in [0.3, 0.4) is 0 Å². The molecule has 2 rings (SSSR count). The number of nitrogens with two attached hydrogens (primary N) is 1. The molecule has 2 aromatic carbocycles. The molecule has 0 spiro atoms. The van der Waals surface area contributed by atoms with Crippen LogP contribution in [0.25, 0.3) is 0 Å². The number of hydrogen-bond donors (Lipinski definition) is 1. The van der Waals surface area contributed by atoms with Crippen LogP contribution in [0.2, 0.25) is 5.02 Å². The van der Waals surface area contributed by atoms with E-state index in [1.807, 2.05) is 42.5 Å². The monoisotopic (exact) mass is 309 g/mol. The number of nitrogen functional groups attached to an aromatic ring is 1. The molecule has 2 N–H and O–H groups in total. The predicted molar refractivity (Wildman–Crippen MR) is 85.1 cm³/mol. The van der Waals surface area contributed by atoms with E-state index in [1.165, 1.54) is 0 Å². The number of thioether (sulfide) groups is 1. The Labute approximate surface area is 128 Å². The number of anilines is 1. The molecule has 0 amide bonds. The molecule has 0 saturated heterocycles. The Morgan fingerprint density at radius 2 is 1.80 bits per heavy atom. The van der Waals surface area contributed by atoms with E-state index in [2.05, 4.69) is 0 Å².